The van der Waals surface area contributed by atoms with Crippen molar-refractivity contribution >= 4 is 35.0 Å². The molecule has 3 N–H and O–H groups in total. The maximum atomic E-state index is 10.9. The van der Waals surface area contributed by atoms with E-state index in [1.54, 1.807) is 6.20 Å². The van der Waals surface area contributed by atoms with E-state index in [0.717, 1.165) is 46.3 Å². The van der Waals surface area contributed by atoms with Gasteiger partial charge in [-0.2, -0.15) is 5.10 Å². The monoisotopic (exact) mass is 330 g/mol. The third-order valence-electron chi connectivity index (χ3n) is 4.01. The summed E-state index contributed by atoms with van der Waals surface area (Å²) in [5.41, 5.74) is 11.5. The second-order valence-electron chi connectivity index (χ2n) is 5.46. The predicted octanol–water partition coefficient (Wildman–Crippen LogP) is 2.29. The zero-order valence-corrected chi connectivity index (χ0v) is 13.0. The zero-order valence-electron chi connectivity index (χ0n) is 12.2. The smallest absolute Gasteiger partial charge is 0.325 e. The van der Waals surface area contributed by atoms with Crippen molar-refractivity contribution in [2.45, 2.75) is 19.4 Å². The number of nitrogen functional groups attached to an aromatic ring is 1. The van der Waals surface area contributed by atoms with Crippen LogP contribution >= 0.6 is 12.4 Å². The van der Waals surface area contributed by atoms with Gasteiger partial charge in [0, 0.05) is 17.1 Å². The number of aliphatic carboxylic acids is 1. The molecule has 7 heteroatoms. The molecule has 1 aromatic carbocycles. The molecule has 118 valence electrons. The van der Waals surface area contributed by atoms with Crippen LogP contribution in [0.25, 0.3) is 22.2 Å². The standard InChI is InChI=1S/C16H14N4O2.ClH/c17-15-10-3-1-2-4-11(10)18-12-6-5-9-7-20(8-13(21)22)19-16(9)14(12)15;/h1-4,7H,5-6,8H2,(H2,17,18)(H,21,22);1H. The molecule has 0 spiro atoms. The zero-order chi connectivity index (χ0) is 15.3. The molecule has 0 atom stereocenters. The molecule has 0 saturated carbocycles. The number of hydrogen-bond acceptors (Lipinski definition) is 4. The molecular formula is C16H15ClN4O2. The number of nitrogens with two attached hydrogens (primary N) is 1. The van der Waals surface area contributed by atoms with E-state index in [1.807, 2.05) is 24.3 Å². The molecule has 0 saturated heterocycles. The number of para-hydroxylation sites is 1. The first kappa shape index (κ1) is 15.3. The number of carboxylic acids is 1. The van der Waals surface area contributed by atoms with Crippen LogP contribution in [0.4, 0.5) is 5.69 Å². The van der Waals surface area contributed by atoms with E-state index in [1.165, 1.54) is 4.68 Å². The van der Waals surface area contributed by atoms with Gasteiger partial charge in [-0.25, -0.2) is 0 Å². The van der Waals surface area contributed by atoms with Crippen LogP contribution in [0, 0.1) is 0 Å². The quantitative estimate of drug-likeness (QED) is 0.751. The summed E-state index contributed by atoms with van der Waals surface area (Å²) in [6.07, 6.45) is 3.38. The third-order valence-corrected chi connectivity index (χ3v) is 4.01. The molecule has 1 aliphatic carbocycles. The molecule has 0 aliphatic heterocycles. The van der Waals surface area contributed by atoms with E-state index in [0.29, 0.717) is 5.69 Å². The summed E-state index contributed by atoms with van der Waals surface area (Å²) < 4.78 is 1.46. The SMILES string of the molecule is Cl.Nc1c2c(nc3ccccc13)CCc1cn(CC(=O)O)nc1-2. The van der Waals surface area contributed by atoms with Gasteiger partial charge in [0.25, 0.3) is 0 Å². The van der Waals surface area contributed by atoms with Crippen LogP contribution in [-0.2, 0) is 24.2 Å². The fourth-order valence-electron chi connectivity index (χ4n) is 3.06. The highest BCUT2D eigenvalue weighted by atomic mass is 35.5. The minimum absolute atomic E-state index is 0. The highest BCUT2D eigenvalue weighted by Gasteiger charge is 2.25. The van der Waals surface area contributed by atoms with Crippen LogP contribution < -0.4 is 5.73 Å². The minimum atomic E-state index is -0.912. The topological polar surface area (TPSA) is 94.0 Å². The first-order valence-corrected chi connectivity index (χ1v) is 7.09. The van der Waals surface area contributed by atoms with Crippen molar-refractivity contribution in [2.24, 2.45) is 0 Å². The summed E-state index contributed by atoms with van der Waals surface area (Å²) in [6, 6.07) is 7.77. The number of anilines is 1. The molecule has 3 aromatic rings. The van der Waals surface area contributed by atoms with E-state index in [-0.39, 0.29) is 19.0 Å². The van der Waals surface area contributed by atoms with Gasteiger partial charge in [0.2, 0.25) is 0 Å². The Morgan fingerprint density at radius 3 is 2.87 bits per heavy atom. The first-order chi connectivity index (χ1) is 10.6. The second kappa shape index (κ2) is 5.55. The van der Waals surface area contributed by atoms with Crippen LogP contribution in [-0.4, -0.2) is 25.8 Å². The molecule has 0 unspecified atom stereocenters. The number of hydrogen-bond donors (Lipinski definition) is 2. The van der Waals surface area contributed by atoms with Crippen LogP contribution in [0.1, 0.15) is 11.3 Å². The summed E-state index contributed by atoms with van der Waals surface area (Å²) in [7, 11) is 0. The molecule has 2 aromatic heterocycles. The van der Waals surface area contributed by atoms with Crippen molar-refractivity contribution in [3.8, 4) is 11.3 Å². The Balaban J connectivity index is 0.00000156. The van der Waals surface area contributed by atoms with Crippen LogP contribution in [0.2, 0.25) is 0 Å². The number of fused-ring (bicyclic) bond motifs is 4. The number of halogens is 1. The van der Waals surface area contributed by atoms with Gasteiger partial charge in [-0.3, -0.25) is 14.5 Å². The number of aryl methyl sites for hydroxylation is 2. The number of aromatic nitrogens is 3. The van der Waals surface area contributed by atoms with Gasteiger partial charge < -0.3 is 10.8 Å². The summed E-state index contributed by atoms with van der Waals surface area (Å²) in [4.78, 5) is 15.6. The van der Waals surface area contributed by atoms with Crippen molar-refractivity contribution in [2.75, 3.05) is 5.73 Å². The first-order valence-electron chi connectivity index (χ1n) is 7.09. The van der Waals surface area contributed by atoms with Gasteiger partial charge in [-0.15, -0.1) is 12.4 Å². The van der Waals surface area contributed by atoms with Crippen molar-refractivity contribution in [3.05, 3.63) is 41.7 Å². The Morgan fingerprint density at radius 2 is 2.09 bits per heavy atom. The molecule has 0 bridgehead atoms. The average molecular weight is 331 g/mol. The van der Waals surface area contributed by atoms with Gasteiger partial charge in [-0.05, 0) is 24.5 Å². The minimum Gasteiger partial charge on any atom is -0.480 e. The number of nitrogens with zero attached hydrogens (tertiary/aromatic N) is 3. The Bertz CT molecular complexity index is 920. The molecule has 4 rings (SSSR count). The molecule has 2 heterocycles. The molecule has 0 radical (unpaired) electrons. The van der Waals surface area contributed by atoms with Crippen molar-refractivity contribution < 1.29 is 9.90 Å². The van der Waals surface area contributed by atoms with Crippen molar-refractivity contribution in [1.82, 2.24) is 14.8 Å². The van der Waals surface area contributed by atoms with Crippen LogP contribution in [0.3, 0.4) is 0 Å². The van der Waals surface area contributed by atoms with Crippen molar-refractivity contribution in [1.29, 1.82) is 0 Å². The number of benzene rings is 1. The van der Waals surface area contributed by atoms with E-state index in [4.69, 9.17) is 15.8 Å². The average Bonchev–Trinajstić information content (AvgIpc) is 2.88. The lowest BCUT2D eigenvalue weighted by atomic mass is 9.91. The lowest BCUT2D eigenvalue weighted by molar-refractivity contribution is -0.137. The van der Waals surface area contributed by atoms with E-state index >= 15 is 0 Å². The van der Waals surface area contributed by atoms with E-state index < -0.39 is 5.97 Å². The Kier molecular flexibility index (Phi) is 3.69. The van der Waals surface area contributed by atoms with E-state index in [2.05, 4.69) is 5.10 Å². The second-order valence-corrected chi connectivity index (χ2v) is 5.46. The van der Waals surface area contributed by atoms with Crippen LogP contribution in [0.5, 0.6) is 0 Å². The maximum absolute atomic E-state index is 10.9. The molecule has 0 fully saturated rings. The molecule has 6 nitrogen and oxygen atoms in total. The molecule has 1 aliphatic rings. The third kappa shape index (κ3) is 2.41. The summed E-state index contributed by atoms with van der Waals surface area (Å²) >= 11 is 0. The van der Waals surface area contributed by atoms with Gasteiger partial charge in [-0.1, -0.05) is 18.2 Å². The van der Waals surface area contributed by atoms with Gasteiger partial charge in [0.05, 0.1) is 22.6 Å². The number of carbonyl (C=O) groups is 1. The molecule has 23 heavy (non-hydrogen) atoms. The van der Waals surface area contributed by atoms with Gasteiger partial charge >= 0.3 is 5.97 Å². The Labute approximate surface area is 138 Å². The summed E-state index contributed by atoms with van der Waals surface area (Å²) in [5, 5.41) is 14.2. The van der Waals surface area contributed by atoms with Crippen LogP contribution in [0.15, 0.2) is 30.5 Å². The fourth-order valence-corrected chi connectivity index (χ4v) is 3.06. The Morgan fingerprint density at radius 1 is 1.30 bits per heavy atom. The predicted molar refractivity (Wildman–Crippen MR) is 89.7 cm³/mol. The Hall–Kier alpha value is -2.60. The fraction of sp³-hybridized carbons (Fsp3) is 0.188. The van der Waals surface area contributed by atoms with E-state index in [9.17, 15) is 4.79 Å². The number of pyridine rings is 1. The maximum Gasteiger partial charge on any atom is 0.325 e. The van der Waals surface area contributed by atoms with Gasteiger partial charge in [0.1, 0.15) is 6.54 Å². The lowest BCUT2D eigenvalue weighted by Gasteiger charge is -2.17. The molecule has 0 amide bonds. The number of rotatable bonds is 2. The lowest BCUT2D eigenvalue weighted by Crippen LogP contribution is -2.10. The normalized spacial score (nSPS) is 12.3. The summed E-state index contributed by atoms with van der Waals surface area (Å²) in [5.74, 6) is -0.912. The molecular weight excluding hydrogens is 316 g/mol. The highest BCUT2D eigenvalue weighted by molar-refractivity contribution is 5.99. The highest BCUT2D eigenvalue weighted by Crippen LogP contribution is 2.38. The number of carboxylic acid groups (broad SMARTS) is 1. The summed E-state index contributed by atoms with van der Waals surface area (Å²) in [6.45, 7) is -0.150. The largest absolute Gasteiger partial charge is 0.480 e. The van der Waals surface area contributed by atoms with Gasteiger partial charge in [0.15, 0.2) is 0 Å². The van der Waals surface area contributed by atoms with Crippen molar-refractivity contribution in [3.63, 3.8) is 0 Å².